The Morgan fingerprint density at radius 1 is 1.00 bits per heavy atom. The van der Waals surface area contributed by atoms with Gasteiger partial charge in [-0.25, -0.2) is 9.59 Å². The van der Waals surface area contributed by atoms with E-state index in [1.54, 1.807) is 58.9 Å². The van der Waals surface area contributed by atoms with Crippen LogP contribution in [0.3, 0.4) is 0 Å². The van der Waals surface area contributed by atoms with E-state index in [4.69, 9.17) is 14.2 Å². The summed E-state index contributed by atoms with van der Waals surface area (Å²) in [5.41, 5.74) is -1.65. The highest BCUT2D eigenvalue weighted by molar-refractivity contribution is 5.97. The first kappa shape index (κ1) is 47.5. The number of fused-ring (bicyclic) bond motifs is 1. The quantitative estimate of drug-likeness (QED) is 0.283. The van der Waals surface area contributed by atoms with E-state index in [2.05, 4.69) is 21.3 Å². The van der Waals surface area contributed by atoms with Gasteiger partial charge in [-0.15, -0.1) is 0 Å². The Kier molecular flexibility index (Phi) is 16.9. The molecular weight excluding hydrogens is 748 g/mol. The Labute approximate surface area is 343 Å². The maximum absolute atomic E-state index is 14.4. The Balaban J connectivity index is 2.11. The molecule has 1 aromatic carbocycles. The number of amides is 6. The molecule has 6 atom stereocenters. The minimum Gasteiger partial charge on any atom is -0.497 e. The molecular formula is C42H66N6O10. The number of nitrogens with zero attached hydrogens (tertiary/aromatic N) is 2. The van der Waals surface area contributed by atoms with E-state index >= 15 is 0 Å². The van der Waals surface area contributed by atoms with E-state index in [1.807, 2.05) is 27.7 Å². The molecule has 2 fully saturated rings. The smallest absolute Gasteiger partial charge is 0.408 e. The Bertz CT molecular complexity index is 1620. The number of benzene rings is 1. The van der Waals surface area contributed by atoms with Crippen molar-refractivity contribution in [2.75, 3.05) is 27.3 Å². The second-order valence-electron chi connectivity index (χ2n) is 17.4. The third-order valence-corrected chi connectivity index (χ3v) is 10.6. The second-order valence-corrected chi connectivity index (χ2v) is 17.4. The van der Waals surface area contributed by atoms with Crippen molar-refractivity contribution in [1.29, 1.82) is 0 Å². The Morgan fingerprint density at radius 2 is 1.66 bits per heavy atom. The predicted octanol–water partition coefficient (Wildman–Crippen LogP) is 3.24. The van der Waals surface area contributed by atoms with Gasteiger partial charge < -0.3 is 45.3 Å². The molecule has 58 heavy (non-hydrogen) atoms. The average Bonchev–Trinajstić information content (AvgIpc) is 3.64. The number of esters is 1. The monoisotopic (exact) mass is 814 g/mol. The van der Waals surface area contributed by atoms with E-state index in [-0.39, 0.29) is 44.1 Å². The lowest BCUT2D eigenvalue weighted by Gasteiger charge is -2.35. The highest BCUT2D eigenvalue weighted by atomic mass is 16.6. The molecule has 324 valence electrons. The fourth-order valence-corrected chi connectivity index (χ4v) is 6.99. The van der Waals surface area contributed by atoms with Gasteiger partial charge in [-0.1, -0.05) is 46.2 Å². The van der Waals surface area contributed by atoms with Crippen LogP contribution in [0.1, 0.15) is 106 Å². The summed E-state index contributed by atoms with van der Waals surface area (Å²) in [6.45, 7) is 15.4. The van der Waals surface area contributed by atoms with Gasteiger partial charge in [-0.05, 0) is 89.8 Å². The number of likely N-dealkylation sites (N-methyl/N-ethyl adjacent to an activating group) is 1. The van der Waals surface area contributed by atoms with Crippen LogP contribution >= 0.6 is 0 Å². The van der Waals surface area contributed by atoms with E-state index < -0.39 is 89.6 Å². The van der Waals surface area contributed by atoms with Gasteiger partial charge in [0.2, 0.25) is 29.5 Å². The van der Waals surface area contributed by atoms with Crippen molar-refractivity contribution < 1.29 is 47.8 Å². The minimum atomic E-state index is -1.42. The van der Waals surface area contributed by atoms with Crippen LogP contribution < -0.4 is 26.0 Å². The van der Waals surface area contributed by atoms with Crippen LogP contribution in [0.15, 0.2) is 24.3 Å². The molecule has 16 nitrogen and oxygen atoms in total. The predicted molar refractivity (Wildman–Crippen MR) is 216 cm³/mol. The molecule has 0 spiro atoms. The first-order valence-corrected chi connectivity index (χ1v) is 20.3. The van der Waals surface area contributed by atoms with E-state index in [0.717, 1.165) is 0 Å². The van der Waals surface area contributed by atoms with Gasteiger partial charge >= 0.3 is 12.1 Å². The fraction of sp³-hybridized carbons (Fsp3) is 0.690. The van der Waals surface area contributed by atoms with Crippen molar-refractivity contribution in [3.63, 3.8) is 0 Å². The van der Waals surface area contributed by atoms with Gasteiger partial charge in [-0.3, -0.25) is 24.0 Å². The number of alkyl carbamates (subject to hydrolysis) is 1. The van der Waals surface area contributed by atoms with Crippen molar-refractivity contribution >= 4 is 41.6 Å². The van der Waals surface area contributed by atoms with Crippen molar-refractivity contribution in [1.82, 2.24) is 31.1 Å². The maximum atomic E-state index is 14.4. The number of hydrogen-bond donors (Lipinski definition) is 4. The van der Waals surface area contributed by atoms with Gasteiger partial charge in [0.25, 0.3) is 0 Å². The first-order valence-electron chi connectivity index (χ1n) is 20.3. The summed E-state index contributed by atoms with van der Waals surface area (Å²) in [5, 5.41) is 11.1. The van der Waals surface area contributed by atoms with E-state index in [0.29, 0.717) is 30.6 Å². The number of hydrogen-bond acceptors (Lipinski definition) is 10. The molecule has 6 amide bonds. The summed E-state index contributed by atoms with van der Waals surface area (Å²) >= 11 is 0. The highest BCUT2D eigenvalue weighted by Gasteiger charge is 2.43. The van der Waals surface area contributed by atoms with Crippen LogP contribution in [-0.4, -0.2) is 120 Å². The van der Waals surface area contributed by atoms with Gasteiger partial charge in [0.05, 0.1) is 7.11 Å². The summed E-state index contributed by atoms with van der Waals surface area (Å²) in [6.07, 6.45) is 0.972. The molecule has 2 aliphatic heterocycles. The molecule has 0 aromatic heterocycles. The molecule has 2 aliphatic rings. The minimum absolute atomic E-state index is 0.00848. The number of rotatable bonds is 8. The van der Waals surface area contributed by atoms with Crippen molar-refractivity contribution in [2.24, 2.45) is 11.8 Å². The van der Waals surface area contributed by atoms with E-state index in [1.165, 1.54) is 24.0 Å². The van der Waals surface area contributed by atoms with Crippen molar-refractivity contribution in [3.8, 4) is 5.75 Å². The number of cyclic esters (lactones) is 1. The summed E-state index contributed by atoms with van der Waals surface area (Å²) in [7, 11) is 2.99. The van der Waals surface area contributed by atoms with Crippen LogP contribution in [0, 0.1) is 11.8 Å². The zero-order valence-electron chi connectivity index (χ0n) is 36.2. The number of carbonyl (C=O) groups is 7. The van der Waals surface area contributed by atoms with Crippen LogP contribution in [0.2, 0.25) is 0 Å². The summed E-state index contributed by atoms with van der Waals surface area (Å²) in [6, 6.07) is 1.84. The molecule has 0 saturated carbocycles. The fourth-order valence-electron chi connectivity index (χ4n) is 6.99. The SMILES string of the molecule is CC[C@H](C)[C@@H]1CCC(=O)NC(C)(C)C(=O)N[C@@H](CC(C)C)C(=O)N2CCC[C@H]2C(=O)N(C)[C@@H](Cc2ccc(OC)cc2)C(=O)OC[C@H](NC(=O)OC(C)(C)C)C(=O)N1. The number of methoxy groups -OCH3 is 1. The Morgan fingerprint density at radius 3 is 2.24 bits per heavy atom. The molecule has 2 saturated heterocycles. The summed E-state index contributed by atoms with van der Waals surface area (Å²) in [4.78, 5) is 99.7. The molecule has 1 aromatic rings. The lowest BCUT2D eigenvalue weighted by Crippen LogP contribution is -2.60. The van der Waals surface area contributed by atoms with Gasteiger partial charge in [-0.2, -0.15) is 0 Å². The van der Waals surface area contributed by atoms with Gasteiger partial charge in [0.15, 0.2) is 0 Å². The molecule has 16 heteroatoms. The summed E-state index contributed by atoms with van der Waals surface area (Å²) < 4.78 is 16.5. The normalized spacial score (nSPS) is 25.1. The molecule has 4 N–H and O–H groups in total. The average molecular weight is 815 g/mol. The summed E-state index contributed by atoms with van der Waals surface area (Å²) in [5.74, 6) is -3.04. The molecule has 2 heterocycles. The van der Waals surface area contributed by atoms with Gasteiger partial charge in [0.1, 0.15) is 47.7 Å². The molecule has 3 rings (SSSR count). The molecule has 0 unspecified atom stereocenters. The van der Waals surface area contributed by atoms with Crippen molar-refractivity contribution in [2.45, 2.75) is 149 Å². The topological polar surface area (TPSA) is 202 Å². The largest absolute Gasteiger partial charge is 0.497 e. The van der Waals surface area contributed by atoms with Gasteiger partial charge in [0, 0.05) is 32.5 Å². The maximum Gasteiger partial charge on any atom is 0.408 e. The van der Waals surface area contributed by atoms with Crippen LogP contribution in [0.5, 0.6) is 5.75 Å². The van der Waals surface area contributed by atoms with Crippen LogP contribution in [-0.2, 0) is 44.7 Å². The third-order valence-electron chi connectivity index (χ3n) is 10.6. The lowest BCUT2D eigenvalue weighted by molar-refractivity contribution is -0.157. The molecule has 0 aliphatic carbocycles. The zero-order valence-corrected chi connectivity index (χ0v) is 36.2. The third kappa shape index (κ3) is 13.6. The first-order chi connectivity index (χ1) is 27.1. The van der Waals surface area contributed by atoms with E-state index in [9.17, 15) is 33.6 Å². The lowest BCUT2D eigenvalue weighted by atomic mass is 9.94. The standard InChI is InChI=1S/C42H66N6O10/c1-12-26(4)29-19-20-34(49)46-42(8,9)39(54)44-30(22-25(2)3)36(51)48-21-13-14-32(48)37(52)47(10)33(23-27-15-17-28(56-11)18-16-27)38(53)57-24-31(35(50)43-29)45-40(55)58-41(5,6)7/h15-18,25-26,29-33H,12-14,19-24H2,1-11H3,(H,43,50)(H,44,54)(H,45,55)(H,46,49)/t26-,29-,30-,31-,32-,33-/m0/s1. The molecule has 0 radical (unpaired) electrons. The van der Waals surface area contributed by atoms with Crippen LogP contribution in [0.25, 0.3) is 0 Å². The zero-order chi connectivity index (χ0) is 43.5. The highest BCUT2D eigenvalue weighted by Crippen LogP contribution is 2.25. The number of nitrogens with one attached hydrogen (secondary N) is 4. The van der Waals surface area contributed by atoms with Crippen LogP contribution in [0.4, 0.5) is 4.79 Å². The second kappa shape index (κ2) is 20.7. The number of ether oxygens (including phenoxy) is 3. The molecule has 0 bridgehead atoms. The number of carbonyl (C=O) groups excluding carboxylic acids is 7. The Hall–Kier alpha value is -4.89. The van der Waals surface area contributed by atoms with Crippen molar-refractivity contribution in [3.05, 3.63) is 29.8 Å².